The summed E-state index contributed by atoms with van der Waals surface area (Å²) in [4.78, 5) is 15.8. The monoisotopic (exact) mass is 526 g/mol. The molecule has 0 radical (unpaired) electrons. The lowest BCUT2D eigenvalue weighted by Crippen LogP contribution is -2.20. The molecule has 1 heterocycles. The summed E-state index contributed by atoms with van der Waals surface area (Å²) < 4.78 is 74.1. The van der Waals surface area contributed by atoms with E-state index in [0.29, 0.717) is 5.56 Å². The van der Waals surface area contributed by atoms with Crippen molar-refractivity contribution in [1.29, 1.82) is 0 Å². The number of thiazole rings is 1. The summed E-state index contributed by atoms with van der Waals surface area (Å²) in [5.41, 5.74) is 1.04. The molecule has 1 aromatic heterocycles. The van der Waals surface area contributed by atoms with E-state index in [4.69, 9.17) is 4.74 Å². The number of halogens is 3. The number of anilines is 2. The highest BCUT2D eigenvalue weighted by atomic mass is 32.2. The number of rotatable bonds is 7. The number of carbonyl (C=O) groups excluding carboxylic acids is 1. The number of ether oxygens (including phenoxy) is 3. The van der Waals surface area contributed by atoms with Gasteiger partial charge in [-0.05, 0) is 41.8 Å². The number of hydrogen-bond donors (Lipinski definition) is 1. The lowest BCUT2D eigenvalue weighted by molar-refractivity contribution is -0.274. The van der Waals surface area contributed by atoms with E-state index in [2.05, 4.69) is 26.3 Å². The fraction of sp³-hybridized carbons (Fsp3) is 0.182. The largest absolute Gasteiger partial charge is 0.573 e. The highest BCUT2D eigenvalue weighted by Gasteiger charge is 2.31. The zero-order chi connectivity index (χ0) is 25.6. The molecule has 13 heteroatoms. The smallest absolute Gasteiger partial charge is 0.495 e. The Hall–Kier alpha value is -3.60. The summed E-state index contributed by atoms with van der Waals surface area (Å²) >= 11 is -1.47. The second kappa shape index (κ2) is 11.2. The number of esters is 1. The Labute approximate surface area is 204 Å². The summed E-state index contributed by atoms with van der Waals surface area (Å²) in [6, 6.07) is 9.77. The van der Waals surface area contributed by atoms with Gasteiger partial charge in [0.05, 0.1) is 20.6 Å². The van der Waals surface area contributed by atoms with Crippen molar-refractivity contribution in [2.24, 2.45) is 0 Å². The van der Waals surface area contributed by atoms with Crippen LogP contribution in [-0.2, 0) is 27.2 Å². The molecule has 0 aliphatic heterocycles. The third kappa shape index (κ3) is 7.19. The molecular formula is C22H17F3N2O6S2. The van der Waals surface area contributed by atoms with Gasteiger partial charge < -0.3 is 14.2 Å². The zero-order valence-electron chi connectivity index (χ0n) is 18.2. The topological polar surface area (TPSA) is 98.2 Å². The van der Waals surface area contributed by atoms with E-state index < -0.39 is 29.3 Å². The molecule has 2 aromatic carbocycles. The van der Waals surface area contributed by atoms with Crippen LogP contribution in [0, 0.1) is 11.8 Å². The Morgan fingerprint density at radius 3 is 2.63 bits per heavy atom. The number of carbonyl (C=O) groups is 1. The van der Waals surface area contributed by atoms with Gasteiger partial charge in [0.25, 0.3) is 11.3 Å². The third-order valence-electron chi connectivity index (χ3n) is 4.28. The first-order chi connectivity index (χ1) is 16.6. The molecule has 0 saturated heterocycles. The summed E-state index contributed by atoms with van der Waals surface area (Å²) in [6.45, 7) is 0. The fourth-order valence-corrected chi connectivity index (χ4v) is 4.11. The van der Waals surface area contributed by atoms with Crippen molar-refractivity contribution >= 4 is 40.1 Å². The molecule has 0 aliphatic carbocycles. The zero-order valence-corrected chi connectivity index (χ0v) is 19.8. The second-order valence-electron chi connectivity index (χ2n) is 6.62. The van der Waals surface area contributed by atoms with Gasteiger partial charge >= 0.3 is 12.3 Å². The number of methoxy groups -OCH3 is 2. The van der Waals surface area contributed by atoms with E-state index >= 15 is 0 Å². The standard InChI is InChI=1S/C22H17F3N2O6S2/c1-31-18-11-15(12-21(28)32-2)6-8-17(18)27(35(29)30)19-13-34-20(26-19)9-7-14-4-3-5-16(10-14)33-22(23,24)25/h3-6,8,10-11,13H,12H2,1-2H3,(H,29,30). The Kier molecular flexibility index (Phi) is 8.34. The van der Waals surface area contributed by atoms with Crippen molar-refractivity contribution in [3.8, 4) is 23.3 Å². The van der Waals surface area contributed by atoms with E-state index in [1.807, 2.05) is 0 Å². The summed E-state index contributed by atoms with van der Waals surface area (Å²) in [5.74, 6) is 4.84. The van der Waals surface area contributed by atoms with E-state index in [0.717, 1.165) is 27.8 Å². The summed E-state index contributed by atoms with van der Waals surface area (Å²) in [5, 5.41) is 1.74. The number of alkyl halides is 3. The molecule has 0 fully saturated rings. The van der Waals surface area contributed by atoms with E-state index in [9.17, 15) is 26.7 Å². The van der Waals surface area contributed by atoms with Gasteiger partial charge in [-0.2, -0.15) is 0 Å². The maximum Gasteiger partial charge on any atom is 0.573 e. The molecule has 3 rings (SSSR count). The van der Waals surface area contributed by atoms with Gasteiger partial charge in [-0.3, -0.25) is 9.35 Å². The first-order valence-corrected chi connectivity index (χ1v) is 11.5. The minimum Gasteiger partial charge on any atom is -0.495 e. The van der Waals surface area contributed by atoms with Gasteiger partial charge in [0, 0.05) is 10.9 Å². The maximum absolute atomic E-state index is 12.4. The average Bonchev–Trinajstić information content (AvgIpc) is 3.25. The number of benzene rings is 2. The Balaban J connectivity index is 1.87. The number of aromatic nitrogens is 1. The van der Waals surface area contributed by atoms with Crippen molar-refractivity contribution in [2.75, 3.05) is 18.5 Å². The van der Waals surface area contributed by atoms with Gasteiger partial charge in [-0.1, -0.05) is 18.1 Å². The second-order valence-corrected chi connectivity index (χ2v) is 8.31. The number of hydrogen-bond acceptors (Lipinski definition) is 7. The molecule has 0 saturated carbocycles. The summed E-state index contributed by atoms with van der Waals surface area (Å²) in [7, 11) is 2.63. The predicted molar refractivity (Wildman–Crippen MR) is 123 cm³/mol. The SMILES string of the molecule is COC(=O)Cc1ccc(N(c2csc(C#Cc3cccc(OC(F)(F)F)c3)n2)S(=O)O)c(OC)c1. The Morgan fingerprint density at radius 1 is 1.20 bits per heavy atom. The van der Waals surface area contributed by atoms with Crippen molar-refractivity contribution in [3.05, 3.63) is 64.0 Å². The van der Waals surface area contributed by atoms with Crippen LogP contribution in [0.4, 0.5) is 24.7 Å². The van der Waals surface area contributed by atoms with Gasteiger partial charge in [0.15, 0.2) is 10.8 Å². The van der Waals surface area contributed by atoms with Crippen LogP contribution < -0.4 is 13.8 Å². The van der Waals surface area contributed by atoms with Crippen LogP contribution in [-0.4, -0.2) is 40.3 Å². The normalized spacial score (nSPS) is 11.7. The van der Waals surface area contributed by atoms with Crippen molar-refractivity contribution < 1.29 is 40.9 Å². The molecule has 3 aromatic rings. The average molecular weight is 527 g/mol. The van der Waals surface area contributed by atoms with Gasteiger partial charge in [0.1, 0.15) is 17.2 Å². The molecule has 184 valence electrons. The minimum atomic E-state index is -4.82. The van der Waals surface area contributed by atoms with Crippen LogP contribution in [0.15, 0.2) is 47.8 Å². The highest BCUT2D eigenvalue weighted by molar-refractivity contribution is 7.81. The van der Waals surface area contributed by atoms with E-state index in [1.54, 1.807) is 6.07 Å². The van der Waals surface area contributed by atoms with Gasteiger partial charge in [0.2, 0.25) is 0 Å². The minimum absolute atomic E-state index is 0.0129. The molecule has 8 nitrogen and oxygen atoms in total. The molecule has 1 atom stereocenters. The van der Waals surface area contributed by atoms with Crippen LogP contribution >= 0.6 is 11.3 Å². The maximum atomic E-state index is 12.4. The van der Waals surface area contributed by atoms with Crippen molar-refractivity contribution in [1.82, 2.24) is 4.98 Å². The molecule has 35 heavy (non-hydrogen) atoms. The van der Waals surface area contributed by atoms with Crippen molar-refractivity contribution in [3.63, 3.8) is 0 Å². The van der Waals surface area contributed by atoms with Crippen LogP contribution in [0.3, 0.4) is 0 Å². The van der Waals surface area contributed by atoms with Crippen LogP contribution in [0.5, 0.6) is 11.5 Å². The van der Waals surface area contributed by atoms with Gasteiger partial charge in [-0.15, -0.1) is 24.5 Å². The van der Waals surface area contributed by atoms with E-state index in [1.165, 1.54) is 43.9 Å². The fourth-order valence-electron chi connectivity index (χ4n) is 2.84. The first kappa shape index (κ1) is 26.0. The first-order valence-electron chi connectivity index (χ1n) is 9.58. The number of nitrogens with zero attached hydrogens (tertiary/aromatic N) is 2. The molecule has 0 aliphatic rings. The Morgan fingerprint density at radius 2 is 1.97 bits per heavy atom. The lowest BCUT2D eigenvalue weighted by atomic mass is 10.1. The highest BCUT2D eigenvalue weighted by Crippen LogP contribution is 2.36. The quantitative estimate of drug-likeness (QED) is 0.276. The van der Waals surface area contributed by atoms with Crippen LogP contribution in [0.1, 0.15) is 16.1 Å². The molecule has 0 bridgehead atoms. The molecule has 0 spiro atoms. The summed E-state index contributed by atoms with van der Waals surface area (Å²) in [6.07, 6.45) is -4.83. The molecular weight excluding hydrogens is 509 g/mol. The molecule has 1 unspecified atom stereocenters. The lowest BCUT2D eigenvalue weighted by Gasteiger charge is -2.20. The molecule has 0 amide bonds. The van der Waals surface area contributed by atoms with Crippen LogP contribution in [0.25, 0.3) is 0 Å². The Bertz CT molecular complexity index is 1300. The van der Waals surface area contributed by atoms with Crippen LogP contribution in [0.2, 0.25) is 0 Å². The predicted octanol–water partition coefficient (Wildman–Crippen LogP) is 4.44. The molecule has 1 N–H and O–H groups in total. The van der Waals surface area contributed by atoms with E-state index in [-0.39, 0.29) is 34.2 Å². The third-order valence-corrected chi connectivity index (χ3v) is 5.72. The van der Waals surface area contributed by atoms with Crippen molar-refractivity contribution in [2.45, 2.75) is 12.8 Å². The van der Waals surface area contributed by atoms with Gasteiger partial charge in [-0.25, -0.2) is 13.5 Å².